The average Bonchev–Trinajstić information content (AvgIpc) is 2.51. The largest absolute Gasteiger partial charge is 0.338 e. The molecule has 1 aromatic rings. The number of nitrogens with zero attached hydrogens (tertiary/aromatic N) is 2. The Morgan fingerprint density at radius 3 is 2.92 bits per heavy atom. The van der Waals surface area contributed by atoms with Crippen LogP contribution in [0.4, 0.5) is 0 Å². The Kier molecular flexibility index (Phi) is 3.85. The molecule has 1 aromatic heterocycles. The van der Waals surface area contributed by atoms with Gasteiger partial charge in [0.15, 0.2) is 5.82 Å². The van der Waals surface area contributed by atoms with Crippen LogP contribution in [0.3, 0.4) is 0 Å². The molecule has 0 bridgehead atoms. The Balaban J connectivity index is 2.20. The van der Waals surface area contributed by atoms with Crippen LogP contribution < -0.4 is 11.1 Å². The summed E-state index contributed by atoms with van der Waals surface area (Å²) in [6.45, 7) is 6.07. The van der Waals surface area contributed by atoms with Crippen LogP contribution in [0, 0.1) is 12.8 Å². The monoisotopic (exact) mass is 184 g/mol. The molecule has 3 N–H and O–H groups in total. The smallest absolute Gasteiger partial charge is 0.240 e. The number of aryl methyl sites for hydroxylation is 1. The lowest BCUT2D eigenvalue weighted by atomic mass is 10.2. The van der Waals surface area contributed by atoms with Crippen molar-refractivity contribution in [3.05, 3.63) is 11.7 Å². The Bertz CT molecular complexity index is 248. The van der Waals surface area contributed by atoms with E-state index in [1.807, 2.05) is 0 Å². The van der Waals surface area contributed by atoms with Gasteiger partial charge in [0.2, 0.25) is 5.89 Å². The summed E-state index contributed by atoms with van der Waals surface area (Å²) in [6, 6.07) is 0. The summed E-state index contributed by atoms with van der Waals surface area (Å²) in [5.41, 5.74) is 5.46. The quantitative estimate of drug-likeness (QED) is 0.676. The van der Waals surface area contributed by atoms with Crippen molar-refractivity contribution in [2.45, 2.75) is 20.4 Å². The molecular weight excluding hydrogens is 168 g/mol. The second-order valence-corrected chi connectivity index (χ2v) is 3.21. The minimum Gasteiger partial charge on any atom is -0.338 e. The number of aromatic nitrogens is 2. The lowest BCUT2D eigenvalue weighted by Gasteiger charge is -2.07. The first-order valence-electron chi connectivity index (χ1n) is 4.42. The van der Waals surface area contributed by atoms with Gasteiger partial charge in [0, 0.05) is 0 Å². The summed E-state index contributed by atoms with van der Waals surface area (Å²) in [5.74, 6) is 1.77. The summed E-state index contributed by atoms with van der Waals surface area (Å²) < 4.78 is 4.92. The molecule has 5 heteroatoms. The maximum Gasteiger partial charge on any atom is 0.240 e. The van der Waals surface area contributed by atoms with E-state index in [4.69, 9.17) is 10.3 Å². The summed E-state index contributed by atoms with van der Waals surface area (Å²) in [4.78, 5) is 4.06. The highest BCUT2D eigenvalue weighted by atomic mass is 16.5. The Labute approximate surface area is 77.7 Å². The van der Waals surface area contributed by atoms with Crippen LogP contribution in [0.15, 0.2) is 4.52 Å². The molecule has 1 atom stereocenters. The highest BCUT2D eigenvalue weighted by Gasteiger charge is 2.02. The van der Waals surface area contributed by atoms with E-state index in [0.717, 1.165) is 6.54 Å². The third-order valence-corrected chi connectivity index (χ3v) is 1.74. The van der Waals surface area contributed by atoms with Gasteiger partial charge in [-0.15, -0.1) is 0 Å². The van der Waals surface area contributed by atoms with E-state index in [-0.39, 0.29) is 0 Å². The van der Waals surface area contributed by atoms with Crippen LogP contribution in [-0.4, -0.2) is 23.2 Å². The fourth-order valence-corrected chi connectivity index (χ4v) is 0.921. The zero-order valence-electron chi connectivity index (χ0n) is 8.08. The van der Waals surface area contributed by atoms with E-state index in [9.17, 15) is 0 Å². The molecule has 0 fully saturated rings. The highest BCUT2D eigenvalue weighted by molar-refractivity contribution is 4.81. The predicted octanol–water partition coefficient (Wildman–Crippen LogP) is 0.0624. The minimum absolute atomic E-state index is 0.476. The molecule has 1 heterocycles. The maximum absolute atomic E-state index is 5.46. The molecule has 0 aliphatic carbocycles. The zero-order chi connectivity index (χ0) is 9.68. The van der Waals surface area contributed by atoms with Crippen molar-refractivity contribution in [1.82, 2.24) is 15.5 Å². The summed E-state index contributed by atoms with van der Waals surface area (Å²) in [5, 5.41) is 6.87. The topological polar surface area (TPSA) is 77.0 Å². The van der Waals surface area contributed by atoms with Crippen LogP contribution in [0.1, 0.15) is 18.6 Å². The lowest BCUT2D eigenvalue weighted by Crippen LogP contribution is -2.25. The summed E-state index contributed by atoms with van der Waals surface area (Å²) in [7, 11) is 0. The summed E-state index contributed by atoms with van der Waals surface area (Å²) in [6.07, 6.45) is 0. The van der Waals surface area contributed by atoms with Gasteiger partial charge >= 0.3 is 0 Å². The number of nitrogens with one attached hydrogen (secondary N) is 1. The standard InChI is InChI=1S/C8H16N4O/c1-6(3-9)4-10-5-8-11-7(2)12-13-8/h6,10H,3-5,9H2,1-2H3. The van der Waals surface area contributed by atoms with Crippen molar-refractivity contribution in [2.75, 3.05) is 13.1 Å². The SMILES string of the molecule is Cc1noc(CNCC(C)CN)n1. The van der Waals surface area contributed by atoms with Gasteiger partial charge in [-0.3, -0.25) is 0 Å². The molecule has 0 radical (unpaired) electrons. The second-order valence-electron chi connectivity index (χ2n) is 3.21. The number of rotatable bonds is 5. The molecule has 0 aromatic carbocycles. The van der Waals surface area contributed by atoms with E-state index in [2.05, 4.69) is 22.4 Å². The number of nitrogens with two attached hydrogens (primary N) is 1. The third-order valence-electron chi connectivity index (χ3n) is 1.74. The van der Waals surface area contributed by atoms with Crippen molar-refractivity contribution in [1.29, 1.82) is 0 Å². The third kappa shape index (κ3) is 3.52. The lowest BCUT2D eigenvalue weighted by molar-refractivity contribution is 0.359. The van der Waals surface area contributed by atoms with Crippen molar-refractivity contribution in [3.8, 4) is 0 Å². The van der Waals surface area contributed by atoms with Gasteiger partial charge in [0.25, 0.3) is 0 Å². The molecule has 0 saturated carbocycles. The minimum atomic E-state index is 0.476. The molecular formula is C8H16N4O. The van der Waals surface area contributed by atoms with Gasteiger partial charge in [-0.05, 0) is 25.9 Å². The molecule has 0 spiro atoms. The van der Waals surface area contributed by atoms with Gasteiger partial charge in [-0.25, -0.2) is 0 Å². The predicted molar refractivity (Wildman–Crippen MR) is 49.0 cm³/mol. The molecule has 0 amide bonds. The Morgan fingerprint density at radius 1 is 1.62 bits per heavy atom. The van der Waals surface area contributed by atoms with Crippen molar-refractivity contribution < 1.29 is 4.52 Å². The maximum atomic E-state index is 5.46. The molecule has 0 aliphatic rings. The van der Waals surface area contributed by atoms with Gasteiger partial charge in [-0.2, -0.15) is 4.98 Å². The molecule has 5 nitrogen and oxygen atoms in total. The second kappa shape index (κ2) is 4.94. The summed E-state index contributed by atoms with van der Waals surface area (Å²) >= 11 is 0. The van der Waals surface area contributed by atoms with Gasteiger partial charge < -0.3 is 15.6 Å². The van der Waals surface area contributed by atoms with E-state index in [1.54, 1.807) is 6.92 Å². The van der Waals surface area contributed by atoms with Gasteiger partial charge in [0.05, 0.1) is 6.54 Å². The van der Waals surface area contributed by atoms with Crippen LogP contribution >= 0.6 is 0 Å². The Morgan fingerprint density at radius 2 is 2.38 bits per heavy atom. The van der Waals surface area contributed by atoms with E-state index < -0.39 is 0 Å². The average molecular weight is 184 g/mol. The fourth-order valence-electron chi connectivity index (χ4n) is 0.921. The first-order chi connectivity index (χ1) is 6.22. The van der Waals surface area contributed by atoms with Crippen LogP contribution in [-0.2, 0) is 6.54 Å². The number of hydrogen-bond donors (Lipinski definition) is 2. The molecule has 0 saturated heterocycles. The molecule has 1 rings (SSSR count). The van der Waals surface area contributed by atoms with Crippen molar-refractivity contribution >= 4 is 0 Å². The van der Waals surface area contributed by atoms with E-state index in [0.29, 0.717) is 30.7 Å². The molecule has 0 aliphatic heterocycles. The fraction of sp³-hybridized carbons (Fsp3) is 0.750. The van der Waals surface area contributed by atoms with Crippen molar-refractivity contribution in [2.24, 2.45) is 11.7 Å². The van der Waals surface area contributed by atoms with E-state index >= 15 is 0 Å². The normalized spacial score (nSPS) is 13.2. The molecule has 74 valence electrons. The highest BCUT2D eigenvalue weighted by Crippen LogP contribution is 1.95. The van der Waals surface area contributed by atoms with Gasteiger partial charge in [0.1, 0.15) is 0 Å². The van der Waals surface area contributed by atoms with Crippen LogP contribution in [0.5, 0.6) is 0 Å². The van der Waals surface area contributed by atoms with Crippen LogP contribution in [0.25, 0.3) is 0 Å². The first-order valence-corrected chi connectivity index (χ1v) is 4.42. The Hall–Kier alpha value is -0.940. The van der Waals surface area contributed by atoms with Gasteiger partial charge in [-0.1, -0.05) is 12.1 Å². The number of hydrogen-bond acceptors (Lipinski definition) is 5. The van der Waals surface area contributed by atoms with Crippen molar-refractivity contribution in [3.63, 3.8) is 0 Å². The van der Waals surface area contributed by atoms with Crippen LogP contribution in [0.2, 0.25) is 0 Å². The zero-order valence-corrected chi connectivity index (χ0v) is 8.08. The molecule has 13 heavy (non-hydrogen) atoms. The molecule has 1 unspecified atom stereocenters. The van der Waals surface area contributed by atoms with E-state index in [1.165, 1.54) is 0 Å². The first kappa shape index (κ1) is 10.1.